The first kappa shape index (κ1) is 13.6. The van der Waals surface area contributed by atoms with Crippen LogP contribution in [-0.2, 0) is 11.2 Å². The van der Waals surface area contributed by atoms with Gasteiger partial charge in [-0.1, -0.05) is 15.9 Å². The summed E-state index contributed by atoms with van der Waals surface area (Å²) >= 11 is 3.22. The molecule has 3 nitrogen and oxygen atoms in total. The fourth-order valence-corrected chi connectivity index (χ4v) is 2.18. The third-order valence-electron chi connectivity index (χ3n) is 2.62. The standard InChI is InChI=1S/C11H13BrN2O.BrH/c12-8-11(15)14-7-2-1-4-9-10(14)5-3-6-13-9;/h3,5-6H,1-2,4,7-8H2;1H. The molecule has 1 aliphatic rings. The fraction of sp³-hybridized carbons (Fsp3) is 0.455. The lowest BCUT2D eigenvalue weighted by molar-refractivity contribution is -0.116. The van der Waals surface area contributed by atoms with Gasteiger partial charge in [0.2, 0.25) is 5.91 Å². The highest BCUT2D eigenvalue weighted by atomic mass is 79.9. The van der Waals surface area contributed by atoms with Gasteiger partial charge in [-0.2, -0.15) is 0 Å². The van der Waals surface area contributed by atoms with Gasteiger partial charge in [0.1, 0.15) is 0 Å². The number of carbonyl (C=O) groups is 1. The summed E-state index contributed by atoms with van der Waals surface area (Å²) in [5, 5.41) is 0.376. The molecule has 0 unspecified atom stereocenters. The maximum absolute atomic E-state index is 11.7. The molecule has 0 bridgehead atoms. The molecule has 5 heteroatoms. The number of halogens is 2. The SMILES string of the molecule is Br.O=C(CBr)N1CCCCc2ncccc21. The zero-order chi connectivity index (χ0) is 10.7. The van der Waals surface area contributed by atoms with Crippen LogP contribution in [0.5, 0.6) is 0 Å². The molecule has 16 heavy (non-hydrogen) atoms. The smallest absolute Gasteiger partial charge is 0.237 e. The quantitative estimate of drug-likeness (QED) is 0.730. The van der Waals surface area contributed by atoms with E-state index in [-0.39, 0.29) is 22.9 Å². The van der Waals surface area contributed by atoms with Gasteiger partial charge in [-0.15, -0.1) is 17.0 Å². The Balaban J connectivity index is 0.00000128. The van der Waals surface area contributed by atoms with Gasteiger partial charge in [-0.25, -0.2) is 0 Å². The van der Waals surface area contributed by atoms with E-state index in [1.54, 1.807) is 6.20 Å². The molecule has 0 radical (unpaired) electrons. The number of aryl methyl sites for hydroxylation is 1. The Labute approximate surface area is 114 Å². The van der Waals surface area contributed by atoms with Crippen molar-refractivity contribution in [3.63, 3.8) is 0 Å². The van der Waals surface area contributed by atoms with E-state index in [0.717, 1.165) is 37.2 Å². The van der Waals surface area contributed by atoms with Gasteiger partial charge in [-0.3, -0.25) is 9.78 Å². The lowest BCUT2D eigenvalue weighted by Crippen LogP contribution is -2.32. The van der Waals surface area contributed by atoms with Gasteiger partial charge in [-0.05, 0) is 31.4 Å². The minimum Gasteiger partial charge on any atom is -0.310 e. The van der Waals surface area contributed by atoms with Gasteiger partial charge in [0.25, 0.3) is 0 Å². The first-order chi connectivity index (χ1) is 7.33. The number of hydrogen-bond donors (Lipinski definition) is 0. The van der Waals surface area contributed by atoms with E-state index < -0.39 is 0 Å². The van der Waals surface area contributed by atoms with Crippen LogP contribution in [0.4, 0.5) is 5.69 Å². The van der Waals surface area contributed by atoms with Gasteiger partial charge in [0.05, 0.1) is 16.7 Å². The second kappa shape index (κ2) is 6.35. The number of nitrogens with zero attached hydrogens (tertiary/aromatic N) is 2. The predicted molar refractivity (Wildman–Crippen MR) is 73.6 cm³/mol. The van der Waals surface area contributed by atoms with E-state index in [1.165, 1.54) is 0 Å². The Kier molecular flexibility index (Phi) is 5.41. The van der Waals surface area contributed by atoms with Crippen molar-refractivity contribution in [2.75, 3.05) is 16.8 Å². The molecule has 1 aliphatic heterocycles. The topological polar surface area (TPSA) is 33.2 Å². The number of amides is 1. The number of hydrogen-bond acceptors (Lipinski definition) is 2. The van der Waals surface area contributed by atoms with Gasteiger partial charge < -0.3 is 4.90 Å². The molecule has 1 aromatic rings. The number of alkyl halides is 1. The number of rotatable bonds is 1. The molecule has 0 saturated heterocycles. The van der Waals surface area contributed by atoms with Crippen LogP contribution in [0, 0.1) is 0 Å². The van der Waals surface area contributed by atoms with Crippen LogP contribution in [-0.4, -0.2) is 22.8 Å². The Bertz CT molecular complexity index is 371. The minimum absolute atomic E-state index is 0. The Hall–Kier alpha value is -0.420. The lowest BCUT2D eigenvalue weighted by atomic mass is 10.2. The highest BCUT2D eigenvalue weighted by molar-refractivity contribution is 9.09. The van der Waals surface area contributed by atoms with Crippen molar-refractivity contribution in [3.05, 3.63) is 24.0 Å². The molecule has 1 aromatic heterocycles. The highest BCUT2D eigenvalue weighted by Crippen LogP contribution is 2.24. The Morgan fingerprint density at radius 1 is 1.50 bits per heavy atom. The highest BCUT2D eigenvalue weighted by Gasteiger charge is 2.20. The van der Waals surface area contributed by atoms with Crippen molar-refractivity contribution < 1.29 is 4.79 Å². The Morgan fingerprint density at radius 2 is 2.31 bits per heavy atom. The summed E-state index contributed by atoms with van der Waals surface area (Å²) in [5.74, 6) is 0.117. The maximum atomic E-state index is 11.7. The third kappa shape index (κ3) is 2.83. The molecule has 0 saturated carbocycles. The summed E-state index contributed by atoms with van der Waals surface area (Å²) in [6.45, 7) is 0.809. The molecular formula is C11H14Br2N2O. The van der Waals surface area contributed by atoms with Crippen LogP contribution < -0.4 is 4.90 Å². The van der Waals surface area contributed by atoms with E-state index >= 15 is 0 Å². The molecule has 1 amide bonds. The van der Waals surface area contributed by atoms with E-state index in [0.29, 0.717) is 5.33 Å². The van der Waals surface area contributed by atoms with E-state index in [4.69, 9.17) is 0 Å². The molecule has 2 rings (SSSR count). The van der Waals surface area contributed by atoms with Crippen molar-refractivity contribution in [2.24, 2.45) is 0 Å². The number of aromatic nitrogens is 1. The van der Waals surface area contributed by atoms with Crippen LogP contribution >= 0.6 is 32.9 Å². The van der Waals surface area contributed by atoms with E-state index in [9.17, 15) is 4.79 Å². The van der Waals surface area contributed by atoms with Gasteiger partial charge in [0.15, 0.2) is 0 Å². The third-order valence-corrected chi connectivity index (χ3v) is 3.10. The molecule has 0 aliphatic carbocycles. The van der Waals surface area contributed by atoms with E-state index in [2.05, 4.69) is 20.9 Å². The number of anilines is 1. The zero-order valence-corrected chi connectivity index (χ0v) is 12.2. The molecule has 0 aromatic carbocycles. The van der Waals surface area contributed by atoms with Crippen molar-refractivity contribution in [3.8, 4) is 0 Å². The summed E-state index contributed by atoms with van der Waals surface area (Å²) in [4.78, 5) is 17.9. The number of fused-ring (bicyclic) bond motifs is 1. The van der Waals surface area contributed by atoms with Gasteiger partial charge >= 0.3 is 0 Å². The Morgan fingerprint density at radius 3 is 3.06 bits per heavy atom. The summed E-state index contributed by atoms with van der Waals surface area (Å²) in [5.41, 5.74) is 2.03. The summed E-state index contributed by atoms with van der Waals surface area (Å²) in [6, 6.07) is 3.87. The van der Waals surface area contributed by atoms with Crippen LogP contribution in [0.25, 0.3) is 0 Å². The maximum Gasteiger partial charge on any atom is 0.237 e. The molecule has 2 heterocycles. The van der Waals surface area contributed by atoms with Crippen molar-refractivity contribution in [2.45, 2.75) is 19.3 Å². The minimum atomic E-state index is 0. The largest absolute Gasteiger partial charge is 0.310 e. The van der Waals surface area contributed by atoms with Crippen LogP contribution in [0.15, 0.2) is 18.3 Å². The summed E-state index contributed by atoms with van der Waals surface area (Å²) in [7, 11) is 0. The molecular weight excluding hydrogens is 336 g/mol. The first-order valence-corrected chi connectivity index (χ1v) is 6.25. The number of carbonyl (C=O) groups excluding carboxylic acids is 1. The normalized spacial score (nSPS) is 14.7. The number of pyridine rings is 1. The van der Waals surface area contributed by atoms with Crippen molar-refractivity contribution in [1.29, 1.82) is 0 Å². The molecule has 0 atom stereocenters. The van der Waals surface area contributed by atoms with Gasteiger partial charge in [0, 0.05) is 12.7 Å². The van der Waals surface area contributed by atoms with Crippen LogP contribution in [0.3, 0.4) is 0 Å². The molecule has 0 spiro atoms. The molecule has 0 fully saturated rings. The van der Waals surface area contributed by atoms with Crippen molar-refractivity contribution >= 4 is 44.5 Å². The van der Waals surface area contributed by atoms with Crippen molar-refractivity contribution in [1.82, 2.24) is 4.98 Å². The average Bonchev–Trinajstić information content (AvgIpc) is 2.50. The second-order valence-corrected chi connectivity index (χ2v) is 4.17. The average molecular weight is 350 g/mol. The molecule has 0 N–H and O–H groups in total. The summed E-state index contributed by atoms with van der Waals surface area (Å²) in [6.07, 6.45) is 4.92. The monoisotopic (exact) mass is 348 g/mol. The lowest BCUT2D eigenvalue weighted by Gasteiger charge is -2.21. The fourth-order valence-electron chi connectivity index (χ4n) is 1.88. The first-order valence-electron chi connectivity index (χ1n) is 5.13. The molecule has 88 valence electrons. The predicted octanol–water partition coefficient (Wildman–Crippen LogP) is 2.72. The second-order valence-electron chi connectivity index (χ2n) is 3.61. The van der Waals surface area contributed by atoms with Crippen LogP contribution in [0.2, 0.25) is 0 Å². The zero-order valence-electron chi connectivity index (χ0n) is 8.86. The summed E-state index contributed by atoms with van der Waals surface area (Å²) < 4.78 is 0. The van der Waals surface area contributed by atoms with E-state index in [1.807, 2.05) is 17.0 Å². The van der Waals surface area contributed by atoms with Crippen LogP contribution in [0.1, 0.15) is 18.5 Å².